The summed E-state index contributed by atoms with van der Waals surface area (Å²) in [6.07, 6.45) is 0.715. The lowest BCUT2D eigenvalue weighted by Gasteiger charge is -2.18. The molecule has 0 bridgehead atoms. The highest BCUT2D eigenvalue weighted by Crippen LogP contribution is 2.22. The zero-order valence-electron chi connectivity index (χ0n) is 11.2. The van der Waals surface area contributed by atoms with Crippen LogP contribution >= 0.6 is 0 Å². The highest BCUT2D eigenvalue weighted by Gasteiger charge is 2.16. The maximum absolute atomic E-state index is 13.7. The van der Waals surface area contributed by atoms with Crippen molar-refractivity contribution < 1.29 is 18.7 Å². The van der Waals surface area contributed by atoms with Crippen LogP contribution in [0.3, 0.4) is 0 Å². The highest BCUT2D eigenvalue weighted by atomic mass is 19.1. The van der Waals surface area contributed by atoms with Crippen molar-refractivity contribution in [3.8, 4) is 0 Å². The molecule has 4 nitrogen and oxygen atoms in total. The van der Waals surface area contributed by atoms with Gasteiger partial charge in [-0.25, -0.2) is 13.6 Å². The molecule has 106 valence electrons. The van der Waals surface area contributed by atoms with Crippen molar-refractivity contribution in [3.63, 3.8) is 0 Å². The SMILES string of the molecule is CC(CCN(C)C)Nc1c(F)cc(C(=O)O)cc1F. The number of halogens is 2. The van der Waals surface area contributed by atoms with E-state index in [4.69, 9.17) is 5.11 Å². The van der Waals surface area contributed by atoms with Gasteiger partial charge in [-0.2, -0.15) is 0 Å². The minimum Gasteiger partial charge on any atom is -0.478 e. The Labute approximate surface area is 111 Å². The number of carbonyl (C=O) groups is 1. The van der Waals surface area contributed by atoms with Gasteiger partial charge in [0.1, 0.15) is 17.3 Å². The molecule has 0 amide bonds. The maximum Gasteiger partial charge on any atom is 0.335 e. The molecule has 0 aliphatic heterocycles. The number of carboxylic acid groups (broad SMARTS) is 1. The number of rotatable bonds is 6. The number of aromatic carboxylic acids is 1. The van der Waals surface area contributed by atoms with E-state index in [2.05, 4.69) is 5.32 Å². The summed E-state index contributed by atoms with van der Waals surface area (Å²) in [6, 6.07) is 1.50. The van der Waals surface area contributed by atoms with Crippen molar-refractivity contribution in [3.05, 3.63) is 29.3 Å². The number of hydrogen-bond acceptors (Lipinski definition) is 3. The van der Waals surface area contributed by atoms with Gasteiger partial charge in [-0.3, -0.25) is 0 Å². The molecular formula is C13H18F2N2O2. The molecule has 1 aromatic carbocycles. The van der Waals surface area contributed by atoms with Crippen LogP contribution in [0, 0.1) is 11.6 Å². The minimum absolute atomic E-state index is 0.123. The molecule has 0 heterocycles. The first kappa shape index (κ1) is 15.4. The van der Waals surface area contributed by atoms with Crippen LogP contribution < -0.4 is 5.32 Å². The highest BCUT2D eigenvalue weighted by molar-refractivity contribution is 5.88. The molecule has 19 heavy (non-hydrogen) atoms. The molecular weight excluding hydrogens is 254 g/mol. The Morgan fingerprint density at radius 3 is 2.32 bits per heavy atom. The quantitative estimate of drug-likeness (QED) is 0.835. The van der Waals surface area contributed by atoms with Crippen molar-refractivity contribution in [2.75, 3.05) is 26.0 Å². The molecule has 1 rings (SSSR count). The van der Waals surface area contributed by atoms with Crippen LogP contribution in [-0.2, 0) is 0 Å². The number of carboxylic acids is 1. The molecule has 6 heteroatoms. The number of hydrogen-bond donors (Lipinski definition) is 2. The molecule has 0 aromatic heterocycles. The van der Waals surface area contributed by atoms with Crippen LogP contribution in [-0.4, -0.2) is 42.7 Å². The largest absolute Gasteiger partial charge is 0.478 e. The van der Waals surface area contributed by atoms with Crippen molar-refractivity contribution in [2.24, 2.45) is 0 Å². The molecule has 0 saturated heterocycles. The van der Waals surface area contributed by atoms with Gasteiger partial charge in [0.25, 0.3) is 0 Å². The Hall–Kier alpha value is -1.69. The number of anilines is 1. The standard InChI is InChI=1S/C13H18F2N2O2/c1-8(4-5-17(2)3)16-12-10(14)6-9(13(18)19)7-11(12)15/h6-8,16H,4-5H2,1-3H3,(H,18,19). The van der Waals surface area contributed by atoms with Gasteiger partial charge in [0.05, 0.1) is 5.56 Å². The van der Waals surface area contributed by atoms with E-state index in [9.17, 15) is 13.6 Å². The summed E-state index contributed by atoms with van der Waals surface area (Å²) in [5.41, 5.74) is -0.683. The third kappa shape index (κ3) is 4.48. The molecule has 0 aliphatic carbocycles. The number of benzene rings is 1. The van der Waals surface area contributed by atoms with Crippen LogP contribution in [0.15, 0.2) is 12.1 Å². The monoisotopic (exact) mass is 272 g/mol. The summed E-state index contributed by atoms with van der Waals surface area (Å²) >= 11 is 0. The lowest BCUT2D eigenvalue weighted by Crippen LogP contribution is -2.24. The summed E-state index contributed by atoms with van der Waals surface area (Å²) < 4.78 is 27.3. The second kappa shape index (κ2) is 6.47. The Bertz CT molecular complexity index is 441. The Morgan fingerprint density at radius 1 is 1.37 bits per heavy atom. The van der Waals surface area contributed by atoms with Crippen molar-refractivity contribution in [2.45, 2.75) is 19.4 Å². The van der Waals surface area contributed by atoms with Crippen molar-refractivity contribution >= 4 is 11.7 Å². The van der Waals surface area contributed by atoms with E-state index in [-0.39, 0.29) is 11.7 Å². The van der Waals surface area contributed by atoms with Gasteiger partial charge in [0.2, 0.25) is 0 Å². The van der Waals surface area contributed by atoms with E-state index in [1.807, 2.05) is 25.9 Å². The average Bonchev–Trinajstić information content (AvgIpc) is 2.30. The molecule has 0 saturated carbocycles. The lowest BCUT2D eigenvalue weighted by molar-refractivity contribution is 0.0696. The van der Waals surface area contributed by atoms with E-state index in [1.54, 1.807) is 0 Å². The third-order valence-electron chi connectivity index (χ3n) is 2.69. The first-order valence-corrected chi connectivity index (χ1v) is 5.95. The molecule has 0 aliphatic rings. The summed E-state index contributed by atoms with van der Waals surface area (Å²) in [6.45, 7) is 2.60. The molecule has 1 atom stereocenters. The van der Waals surface area contributed by atoms with E-state index >= 15 is 0 Å². The second-order valence-electron chi connectivity index (χ2n) is 4.76. The third-order valence-corrected chi connectivity index (χ3v) is 2.69. The Kier molecular flexibility index (Phi) is 5.23. The van der Waals surface area contributed by atoms with Crippen LogP contribution in [0.5, 0.6) is 0 Å². The maximum atomic E-state index is 13.7. The fourth-order valence-electron chi connectivity index (χ4n) is 1.60. The van der Waals surface area contributed by atoms with E-state index in [0.29, 0.717) is 6.42 Å². The molecule has 1 aromatic rings. The van der Waals surface area contributed by atoms with Gasteiger partial charge in [0.15, 0.2) is 0 Å². The summed E-state index contributed by atoms with van der Waals surface area (Å²) in [5.74, 6) is -3.15. The van der Waals surface area contributed by atoms with Gasteiger partial charge < -0.3 is 15.3 Å². The molecule has 2 N–H and O–H groups in total. The summed E-state index contributed by atoms with van der Waals surface area (Å²) in [7, 11) is 3.82. The van der Waals surface area contributed by atoms with Gasteiger partial charge in [0, 0.05) is 6.04 Å². The fourth-order valence-corrected chi connectivity index (χ4v) is 1.60. The van der Waals surface area contributed by atoms with E-state index in [0.717, 1.165) is 18.7 Å². The molecule has 1 unspecified atom stereocenters. The fraction of sp³-hybridized carbons (Fsp3) is 0.462. The van der Waals surface area contributed by atoms with Crippen LogP contribution in [0.25, 0.3) is 0 Å². The number of nitrogens with zero attached hydrogens (tertiary/aromatic N) is 1. The minimum atomic E-state index is -1.36. The summed E-state index contributed by atoms with van der Waals surface area (Å²) in [4.78, 5) is 12.6. The normalized spacial score (nSPS) is 12.5. The Balaban J connectivity index is 2.81. The van der Waals surface area contributed by atoms with E-state index < -0.39 is 23.2 Å². The average molecular weight is 272 g/mol. The Morgan fingerprint density at radius 2 is 1.89 bits per heavy atom. The van der Waals surface area contributed by atoms with Crippen LogP contribution in [0.2, 0.25) is 0 Å². The zero-order chi connectivity index (χ0) is 14.6. The zero-order valence-corrected chi connectivity index (χ0v) is 11.2. The molecule has 0 spiro atoms. The predicted octanol–water partition coefficient (Wildman–Crippen LogP) is 2.42. The second-order valence-corrected chi connectivity index (χ2v) is 4.76. The van der Waals surface area contributed by atoms with Crippen LogP contribution in [0.1, 0.15) is 23.7 Å². The van der Waals surface area contributed by atoms with Gasteiger partial charge >= 0.3 is 5.97 Å². The molecule has 0 fully saturated rings. The first-order chi connectivity index (χ1) is 8.81. The van der Waals surface area contributed by atoms with Gasteiger partial charge in [-0.15, -0.1) is 0 Å². The van der Waals surface area contributed by atoms with Crippen molar-refractivity contribution in [1.29, 1.82) is 0 Å². The topological polar surface area (TPSA) is 52.6 Å². The molecule has 0 radical (unpaired) electrons. The number of nitrogens with one attached hydrogen (secondary N) is 1. The van der Waals surface area contributed by atoms with Gasteiger partial charge in [-0.1, -0.05) is 0 Å². The predicted molar refractivity (Wildman–Crippen MR) is 69.6 cm³/mol. The first-order valence-electron chi connectivity index (χ1n) is 5.95. The van der Waals surface area contributed by atoms with Crippen LogP contribution in [0.4, 0.5) is 14.5 Å². The van der Waals surface area contributed by atoms with Crippen molar-refractivity contribution in [1.82, 2.24) is 4.90 Å². The summed E-state index contributed by atoms with van der Waals surface area (Å²) in [5, 5.41) is 11.4. The lowest BCUT2D eigenvalue weighted by atomic mass is 10.1. The van der Waals surface area contributed by atoms with Gasteiger partial charge in [-0.05, 0) is 46.1 Å². The van der Waals surface area contributed by atoms with E-state index in [1.165, 1.54) is 0 Å². The smallest absolute Gasteiger partial charge is 0.335 e.